The molecule has 0 radical (unpaired) electrons. The Balaban J connectivity index is 1.49. The largest absolute Gasteiger partial charge is 0.479 e. The van der Waals surface area contributed by atoms with Crippen molar-refractivity contribution in [3.05, 3.63) is 47.5 Å². The summed E-state index contributed by atoms with van der Waals surface area (Å²) >= 11 is 0. The Hall–Kier alpha value is -2.91. The van der Waals surface area contributed by atoms with Gasteiger partial charge in [0.1, 0.15) is 5.75 Å². The van der Waals surface area contributed by atoms with Crippen LogP contribution < -0.4 is 15.0 Å². The first-order valence-corrected chi connectivity index (χ1v) is 13.1. The molecule has 1 N–H and O–H groups in total. The lowest BCUT2D eigenvalue weighted by molar-refractivity contribution is -0.123. The Bertz CT molecular complexity index is 1220. The highest BCUT2D eigenvalue weighted by Gasteiger charge is 2.36. The highest BCUT2D eigenvalue weighted by Crippen LogP contribution is 2.36. The van der Waals surface area contributed by atoms with Gasteiger partial charge in [-0.15, -0.1) is 0 Å². The van der Waals surface area contributed by atoms with Crippen LogP contribution in [0.15, 0.2) is 41.3 Å². The molecule has 1 fully saturated rings. The van der Waals surface area contributed by atoms with Crippen molar-refractivity contribution >= 4 is 33.2 Å². The molecule has 0 saturated carbocycles. The molecule has 2 aliphatic heterocycles. The van der Waals surface area contributed by atoms with Crippen molar-refractivity contribution in [1.82, 2.24) is 4.31 Å². The lowest BCUT2D eigenvalue weighted by atomic mass is 9.96. The Kier molecular flexibility index (Phi) is 6.69. The van der Waals surface area contributed by atoms with E-state index >= 15 is 0 Å². The Morgan fingerprint density at radius 1 is 1.18 bits per heavy atom. The van der Waals surface area contributed by atoms with Crippen molar-refractivity contribution in [3.63, 3.8) is 0 Å². The number of nitrogens with one attached hydrogen (secondary N) is 1. The van der Waals surface area contributed by atoms with Crippen molar-refractivity contribution < 1.29 is 22.7 Å². The van der Waals surface area contributed by atoms with E-state index in [9.17, 15) is 18.0 Å². The molecule has 1 unspecified atom stereocenters. The number of fused-ring (bicyclic) bond motifs is 1. The van der Waals surface area contributed by atoms with Crippen molar-refractivity contribution in [2.45, 2.75) is 51.5 Å². The number of rotatable bonds is 5. The topological polar surface area (TPSA) is 96.0 Å². The SMILES string of the molecule is CCN(C(=O)C1CCN(S(=O)(=O)c2cc3c(cc2C)NC(=O)C(C)O3)CC1)c1cccc(C)c1. The van der Waals surface area contributed by atoms with Gasteiger partial charge in [0.2, 0.25) is 15.9 Å². The molecule has 2 heterocycles. The zero-order valence-corrected chi connectivity index (χ0v) is 20.8. The smallest absolute Gasteiger partial charge is 0.265 e. The second-order valence-corrected chi connectivity index (χ2v) is 10.9. The Morgan fingerprint density at radius 3 is 2.53 bits per heavy atom. The zero-order valence-electron chi connectivity index (χ0n) is 20.0. The summed E-state index contributed by atoms with van der Waals surface area (Å²) in [4.78, 5) is 27.1. The minimum atomic E-state index is -3.77. The molecule has 182 valence electrons. The normalized spacial score (nSPS) is 19.2. The van der Waals surface area contributed by atoms with E-state index in [4.69, 9.17) is 4.74 Å². The first-order chi connectivity index (χ1) is 16.1. The van der Waals surface area contributed by atoms with Crippen LogP contribution in [-0.2, 0) is 19.6 Å². The fourth-order valence-electron chi connectivity index (χ4n) is 4.58. The summed E-state index contributed by atoms with van der Waals surface area (Å²) in [6.07, 6.45) is 0.240. The standard InChI is InChI=1S/C25H31N3O5S/c1-5-28(20-8-6-7-16(2)13-20)25(30)19-9-11-27(12-10-19)34(31,32)23-15-22-21(14-17(23)3)26-24(29)18(4)33-22/h6-8,13-15,18-19H,5,9-12H2,1-4H3,(H,26,29). The predicted octanol–water partition coefficient (Wildman–Crippen LogP) is 3.48. The van der Waals surface area contributed by atoms with Gasteiger partial charge in [0, 0.05) is 37.3 Å². The maximum absolute atomic E-state index is 13.5. The van der Waals surface area contributed by atoms with Gasteiger partial charge < -0.3 is 15.0 Å². The molecule has 0 aromatic heterocycles. The minimum absolute atomic E-state index is 0.0354. The summed E-state index contributed by atoms with van der Waals surface area (Å²) < 4.78 is 34.0. The summed E-state index contributed by atoms with van der Waals surface area (Å²) in [5.41, 5.74) is 2.96. The number of hydrogen-bond acceptors (Lipinski definition) is 5. The lowest BCUT2D eigenvalue weighted by Crippen LogP contribution is -2.44. The number of ether oxygens (including phenoxy) is 1. The van der Waals surface area contributed by atoms with Gasteiger partial charge in [0.05, 0.1) is 10.6 Å². The molecule has 1 saturated heterocycles. The van der Waals surface area contributed by atoms with E-state index in [0.717, 1.165) is 11.3 Å². The third-order valence-electron chi connectivity index (χ3n) is 6.52. The molecule has 2 aromatic rings. The number of benzene rings is 2. The maximum Gasteiger partial charge on any atom is 0.265 e. The Morgan fingerprint density at radius 2 is 1.88 bits per heavy atom. The molecule has 0 spiro atoms. The van der Waals surface area contributed by atoms with Gasteiger partial charge in [0.15, 0.2) is 6.10 Å². The number of carbonyl (C=O) groups is 2. The van der Waals surface area contributed by atoms with Crippen molar-refractivity contribution in [1.29, 1.82) is 0 Å². The number of amides is 2. The van der Waals surface area contributed by atoms with E-state index in [1.54, 1.807) is 24.8 Å². The lowest BCUT2D eigenvalue weighted by Gasteiger charge is -2.34. The van der Waals surface area contributed by atoms with Crippen molar-refractivity contribution in [2.24, 2.45) is 5.92 Å². The summed E-state index contributed by atoms with van der Waals surface area (Å²) in [6.45, 7) is 8.36. The Labute approximate surface area is 200 Å². The second kappa shape index (κ2) is 9.38. The number of sulfonamides is 1. The number of anilines is 2. The van der Waals surface area contributed by atoms with Crippen LogP contribution in [0.25, 0.3) is 0 Å². The average Bonchev–Trinajstić information content (AvgIpc) is 2.80. The van der Waals surface area contributed by atoms with Gasteiger partial charge in [-0.1, -0.05) is 12.1 Å². The number of piperidine rings is 1. The van der Waals surface area contributed by atoms with Crippen LogP contribution in [0.1, 0.15) is 37.8 Å². The predicted molar refractivity (Wildman–Crippen MR) is 131 cm³/mol. The van der Waals surface area contributed by atoms with Crippen LogP contribution in [0, 0.1) is 19.8 Å². The zero-order chi connectivity index (χ0) is 24.6. The monoisotopic (exact) mass is 485 g/mol. The van der Waals surface area contributed by atoms with Crippen LogP contribution in [0.2, 0.25) is 0 Å². The number of hydrogen-bond donors (Lipinski definition) is 1. The molecule has 2 aromatic carbocycles. The maximum atomic E-state index is 13.5. The molecule has 2 amide bonds. The molecule has 0 aliphatic carbocycles. The molecule has 4 rings (SSSR count). The summed E-state index contributed by atoms with van der Waals surface area (Å²) in [5, 5.41) is 2.75. The first kappa shape index (κ1) is 24.2. The third kappa shape index (κ3) is 4.54. The van der Waals surface area contributed by atoms with Crippen molar-refractivity contribution in [3.8, 4) is 5.75 Å². The van der Waals surface area contributed by atoms with Gasteiger partial charge in [-0.2, -0.15) is 4.31 Å². The molecule has 2 aliphatic rings. The number of aryl methyl sites for hydroxylation is 2. The molecule has 34 heavy (non-hydrogen) atoms. The van der Waals surface area contributed by atoms with E-state index in [-0.39, 0.29) is 35.7 Å². The highest BCUT2D eigenvalue weighted by molar-refractivity contribution is 7.89. The quantitative estimate of drug-likeness (QED) is 0.700. The molecule has 8 nitrogen and oxygen atoms in total. The van der Waals surface area contributed by atoms with Crippen LogP contribution in [0.4, 0.5) is 11.4 Å². The summed E-state index contributed by atoms with van der Waals surface area (Å²) in [5.74, 6) is -0.108. The summed E-state index contributed by atoms with van der Waals surface area (Å²) in [6, 6.07) is 11.0. The van der Waals surface area contributed by atoms with Gasteiger partial charge in [-0.3, -0.25) is 9.59 Å². The summed E-state index contributed by atoms with van der Waals surface area (Å²) in [7, 11) is -3.77. The van der Waals surface area contributed by atoms with Gasteiger partial charge in [0.25, 0.3) is 5.91 Å². The highest BCUT2D eigenvalue weighted by atomic mass is 32.2. The van der Waals surface area contributed by atoms with Crippen LogP contribution in [0.5, 0.6) is 5.75 Å². The molecular formula is C25H31N3O5S. The first-order valence-electron chi connectivity index (χ1n) is 11.6. The average molecular weight is 486 g/mol. The van der Waals surface area contributed by atoms with E-state index in [1.807, 2.05) is 38.1 Å². The van der Waals surface area contributed by atoms with Crippen LogP contribution in [-0.4, -0.2) is 50.3 Å². The van der Waals surface area contributed by atoms with E-state index < -0.39 is 16.1 Å². The van der Waals surface area contributed by atoms with E-state index in [1.165, 1.54) is 10.4 Å². The van der Waals surface area contributed by atoms with Crippen LogP contribution in [0.3, 0.4) is 0 Å². The van der Waals surface area contributed by atoms with Gasteiger partial charge >= 0.3 is 0 Å². The third-order valence-corrected chi connectivity index (χ3v) is 8.57. The van der Waals surface area contributed by atoms with Gasteiger partial charge in [-0.05, 0) is 69.9 Å². The second-order valence-electron chi connectivity index (χ2n) is 8.96. The van der Waals surface area contributed by atoms with Gasteiger partial charge in [-0.25, -0.2) is 8.42 Å². The molecule has 1 atom stereocenters. The minimum Gasteiger partial charge on any atom is -0.479 e. The van der Waals surface area contributed by atoms with E-state index in [0.29, 0.717) is 36.4 Å². The number of nitrogens with zero attached hydrogens (tertiary/aromatic N) is 2. The van der Waals surface area contributed by atoms with E-state index in [2.05, 4.69) is 5.32 Å². The van der Waals surface area contributed by atoms with Crippen LogP contribution >= 0.6 is 0 Å². The molecule has 0 bridgehead atoms. The molecular weight excluding hydrogens is 454 g/mol. The molecule has 9 heteroatoms. The number of carbonyl (C=O) groups excluding carboxylic acids is 2. The fourth-order valence-corrected chi connectivity index (χ4v) is 6.28. The fraction of sp³-hybridized carbons (Fsp3) is 0.440. The van der Waals surface area contributed by atoms with Crippen molar-refractivity contribution in [2.75, 3.05) is 29.9 Å².